The van der Waals surface area contributed by atoms with Crippen molar-refractivity contribution in [1.82, 2.24) is 9.97 Å². The Labute approximate surface area is 117 Å². The van der Waals surface area contributed by atoms with Gasteiger partial charge in [0.2, 0.25) is 5.95 Å². The summed E-state index contributed by atoms with van der Waals surface area (Å²) in [5.74, 6) is 0.111. The van der Waals surface area contributed by atoms with Crippen molar-refractivity contribution in [3.8, 4) is 0 Å². The highest BCUT2D eigenvalue weighted by Crippen LogP contribution is 2.32. The Hall–Kier alpha value is -2.43. The normalized spacial score (nSPS) is 13.2. The van der Waals surface area contributed by atoms with Crippen molar-refractivity contribution in [2.75, 3.05) is 18.6 Å². The van der Waals surface area contributed by atoms with Crippen LogP contribution in [0.3, 0.4) is 0 Å². The van der Waals surface area contributed by atoms with Crippen molar-refractivity contribution in [3.05, 3.63) is 47.3 Å². The van der Waals surface area contributed by atoms with Gasteiger partial charge in [-0.25, -0.2) is 14.8 Å². The number of methoxy groups -OCH3 is 1. The third-order valence-corrected chi connectivity index (χ3v) is 3.37. The summed E-state index contributed by atoms with van der Waals surface area (Å²) in [7, 11) is 1.35. The number of esters is 1. The van der Waals surface area contributed by atoms with Gasteiger partial charge in [-0.1, -0.05) is 18.2 Å². The van der Waals surface area contributed by atoms with Gasteiger partial charge in [-0.2, -0.15) is 0 Å². The number of hydrogen-bond acceptors (Lipinski definition) is 5. The van der Waals surface area contributed by atoms with Crippen molar-refractivity contribution in [2.24, 2.45) is 0 Å². The van der Waals surface area contributed by atoms with Gasteiger partial charge in [0.15, 0.2) is 5.69 Å². The second-order valence-electron chi connectivity index (χ2n) is 4.72. The molecule has 0 bridgehead atoms. The lowest BCUT2D eigenvalue weighted by Gasteiger charge is -2.18. The zero-order valence-electron chi connectivity index (χ0n) is 11.5. The number of benzene rings is 1. The molecule has 1 aromatic carbocycles. The van der Waals surface area contributed by atoms with Crippen LogP contribution in [-0.4, -0.2) is 29.6 Å². The first-order valence-corrected chi connectivity index (χ1v) is 6.48. The molecule has 1 aromatic heterocycles. The van der Waals surface area contributed by atoms with Crippen LogP contribution in [0.25, 0.3) is 0 Å². The van der Waals surface area contributed by atoms with Crippen LogP contribution in [0.4, 0.5) is 11.6 Å². The molecule has 5 heteroatoms. The highest BCUT2D eigenvalue weighted by Gasteiger charge is 2.23. The van der Waals surface area contributed by atoms with Crippen LogP contribution in [0.15, 0.2) is 30.3 Å². The van der Waals surface area contributed by atoms with E-state index in [1.807, 2.05) is 30.0 Å². The van der Waals surface area contributed by atoms with Crippen molar-refractivity contribution < 1.29 is 9.53 Å². The van der Waals surface area contributed by atoms with Gasteiger partial charge in [-0.15, -0.1) is 0 Å². The van der Waals surface area contributed by atoms with Gasteiger partial charge in [0.25, 0.3) is 0 Å². The second-order valence-corrected chi connectivity index (χ2v) is 4.72. The van der Waals surface area contributed by atoms with E-state index in [1.165, 1.54) is 12.7 Å². The Morgan fingerprint density at radius 2 is 2.10 bits per heavy atom. The summed E-state index contributed by atoms with van der Waals surface area (Å²) in [5, 5.41) is 0. The second kappa shape index (κ2) is 4.92. The monoisotopic (exact) mass is 269 g/mol. The lowest BCUT2D eigenvalue weighted by molar-refractivity contribution is 0.0594. The van der Waals surface area contributed by atoms with E-state index in [9.17, 15) is 4.79 Å². The molecule has 0 saturated heterocycles. The minimum atomic E-state index is -0.441. The summed E-state index contributed by atoms with van der Waals surface area (Å²) in [6.45, 7) is 2.67. The van der Waals surface area contributed by atoms with Crippen molar-refractivity contribution in [1.29, 1.82) is 0 Å². The first-order chi connectivity index (χ1) is 9.69. The Kier molecular flexibility index (Phi) is 3.10. The van der Waals surface area contributed by atoms with Gasteiger partial charge in [-0.05, 0) is 31.0 Å². The Morgan fingerprint density at radius 1 is 1.30 bits per heavy atom. The smallest absolute Gasteiger partial charge is 0.356 e. The maximum absolute atomic E-state index is 11.6. The summed E-state index contributed by atoms with van der Waals surface area (Å²) < 4.78 is 4.73. The van der Waals surface area contributed by atoms with Crippen molar-refractivity contribution in [2.45, 2.75) is 13.3 Å². The number of para-hydroxylation sites is 1. The molecule has 2 aromatic rings. The average molecular weight is 269 g/mol. The molecule has 1 aliphatic heterocycles. The standard InChI is InChI=1S/C15H15N3O2/c1-10-9-12(14(19)20-2)17-15(16-10)18-8-7-11-5-3-4-6-13(11)18/h3-6,9H,7-8H2,1-2H3. The predicted molar refractivity (Wildman–Crippen MR) is 75.3 cm³/mol. The summed E-state index contributed by atoms with van der Waals surface area (Å²) in [4.78, 5) is 22.4. The van der Waals surface area contributed by atoms with Crippen LogP contribution >= 0.6 is 0 Å². The number of anilines is 2. The van der Waals surface area contributed by atoms with Crippen LogP contribution in [-0.2, 0) is 11.2 Å². The number of rotatable bonds is 2. The molecule has 0 radical (unpaired) electrons. The molecule has 0 N–H and O–H groups in total. The van der Waals surface area contributed by atoms with Crippen LogP contribution < -0.4 is 4.90 Å². The molecule has 3 rings (SSSR count). The quantitative estimate of drug-likeness (QED) is 0.783. The number of carbonyl (C=O) groups is 1. The Bertz CT molecular complexity index is 670. The average Bonchev–Trinajstić information content (AvgIpc) is 2.89. The molecule has 0 spiro atoms. The first-order valence-electron chi connectivity index (χ1n) is 6.48. The topological polar surface area (TPSA) is 55.3 Å². The molecule has 2 heterocycles. The zero-order chi connectivity index (χ0) is 14.1. The van der Waals surface area contributed by atoms with Crippen LogP contribution in [0.1, 0.15) is 21.7 Å². The van der Waals surface area contributed by atoms with Crippen LogP contribution in [0.2, 0.25) is 0 Å². The summed E-state index contributed by atoms with van der Waals surface area (Å²) in [5.41, 5.74) is 3.42. The fourth-order valence-corrected chi connectivity index (χ4v) is 2.43. The molecule has 0 unspecified atom stereocenters. The van der Waals surface area contributed by atoms with E-state index in [2.05, 4.69) is 16.0 Å². The molecular weight excluding hydrogens is 254 g/mol. The minimum Gasteiger partial charge on any atom is -0.464 e. The third-order valence-electron chi connectivity index (χ3n) is 3.37. The number of carbonyl (C=O) groups excluding carboxylic acids is 1. The number of fused-ring (bicyclic) bond motifs is 1. The van der Waals surface area contributed by atoms with Crippen molar-refractivity contribution in [3.63, 3.8) is 0 Å². The zero-order valence-corrected chi connectivity index (χ0v) is 11.5. The molecule has 102 valence electrons. The van der Waals surface area contributed by atoms with Gasteiger partial charge >= 0.3 is 5.97 Å². The maximum Gasteiger partial charge on any atom is 0.356 e. The highest BCUT2D eigenvalue weighted by molar-refractivity contribution is 5.87. The molecule has 0 atom stereocenters. The molecule has 5 nitrogen and oxygen atoms in total. The summed E-state index contributed by atoms with van der Waals surface area (Å²) >= 11 is 0. The molecule has 1 aliphatic rings. The summed E-state index contributed by atoms with van der Waals surface area (Å²) in [6, 6.07) is 9.81. The van der Waals surface area contributed by atoms with Gasteiger partial charge in [0, 0.05) is 17.9 Å². The first kappa shape index (κ1) is 12.6. The Balaban J connectivity index is 2.03. The van der Waals surface area contributed by atoms with Gasteiger partial charge in [-0.3, -0.25) is 0 Å². The van der Waals surface area contributed by atoms with Gasteiger partial charge < -0.3 is 9.64 Å². The molecular formula is C15H15N3O2. The molecule has 20 heavy (non-hydrogen) atoms. The van der Waals surface area contributed by atoms with E-state index in [-0.39, 0.29) is 0 Å². The largest absolute Gasteiger partial charge is 0.464 e. The molecule has 0 amide bonds. The fourth-order valence-electron chi connectivity index (χ4n) is 2.43. The molecule has 0 fully saturated rings. The fraction of sp³-hybridized carbons (Fsp3) is 0.267. The number of aryl methyl sites for hydroxylation is 1. The summed E-state index contributed by atoms with van der Waals surface area (Å²) in [6.07, 6.45) is 0.959. The number of nitrogens with zero attached hydrogens (tertiary/aromatic N) is 3. The van der Waals surface area contributed by atoms with Gasteiger partial charge in [0.05, 0.1) is 7.11 Å². The lowest BCUT2D eigenvalue weighted by Crippen LogP contribution is -2.19. The number of hydrogen-bond donors (Lipinski definition) is 0. The molecule has 0 saturated carbocycles. The molecule has 0 aliphatic carbocycles. The van der Waals surface area contributed by atoms with E-state index >= 15 is 0 Å². The highest BCUT2D eigenvalue weighted by atomic mass is 16.5. The van der Waals surface area contributed by atoms with E-state index in [1.54, 1.807) is 6.07 Å². The minimum absolute atomic E-state index is 0.291. The number of ether oxygens (including phenoxy) is 1. The predicted octanol–water partition coefficient (Wildman–Crippen LogP) is 2.27. The van der Waals surface area contributed by atoms with E-state index in [4.69, 9.17) is 4.74 Å². The van der Waals surface area contributed by atoms with Crippen molar-refractivity contribution >= 4 is 17.6 Å². The third kappa shape index (κ3) is 2.11. The number of aromatic nitrogens is 2. The Morgan fingerprint density at radius 3 is 2.90 bits per heavy atom. The lowest BCUT2D eigenvalue weighted by atomic mass is 10.2. The van der Waals surface area contributed by atoms with E-state index in [0.29, 0.717) is 11.6 Å². The van der Waals surface area contributed by atoms with Crippen LogP contribution in [0.5, 0.6) is 0 Å². The van der Waals surface area contributed by atoms with Gasteiger partial charge in [0.1, 0.15) is 0 Å². The SMILES string of the molecule is COC(=O)c1cc(C)nc(N2CCc3ccccc32)n1. The van der Waals surface area contributed by atoms with E-state index < -0.39 is 5.97 Å². The maximum atomic E-state index is 11.6. The van der Waals surface area contributed by atoms with Crippen LogP contribution in [0, 0.1) is 6.92 Å². The van der Waals surface area contributed by atoms with E-state index in [0.717, 1.165) is 24.3 Å².